The van der Waals surface area contributed by atoms with Crippen LogP contribution in [0.1, 0.15) is 28.8 Å². The lowest BCUT2D eigenvalue weighted by molar-refractivity contribution is 0.0857. The second kappa shape index (κ2) is 10.00. The maximum Gasteiger partial charge on any atom is 0.270 e. The van der Waals surface area contributed by atoms with Gasteiger partial charge in [-0.05, 0) is 54.3 Å². The van der Waals surface area contributed by atoms with E-state index in [1.807, 2.05) is 18.2 Å². The number of halogens is 2. The van der Waals surface area contributed by atoms with Gasteiger partial charge in [-0.15, -0.1) is 0 Å². The lowest BCUT2D eigenvalue weighted by atomic mass is 10.00. The molecule has 38 heavy (non-hydrogen) atoms. The first-order chi connectivity index (χ1) is 18.5. The molecule has 8 nitrogen and oxygen atoms in total. The molecule has 1 aliphatic rings. The number of nitrogens with one attached hydrogen (secondary N) is 1. The van der Waals surface area contributed by atoms with E-state index in [0.29, 0.717) is 34.2 Å². The lowest BCUT2D eigenvalue weighted by Gasteiger charge is -2.33. The number of hydrogen-bond donors (Lipinski definition) is 2. The van der Waals surface area contributed by atoms with Crippen molar-refractivity contribution in [1.29, 1.82) is 0 Å². The van der Waals surface area contributed by atoms with Crippen LogP contribution in [0.2, 0.25) is 0 Å². The Morgan fingerprint density at radius 1 is 1.18 bits per heavy atom. The molecule has 0 radical (unpaired) electrons. The second-order valence-corrected chi connectivity index (χ2v) is 9.95. The van der Waals surface area contributed by atoms with Crippen LogP contribution in [0.4, 0.5) is 10.1 Å². The summed E-state index contributed by atoms with van der Waals surface area (Å²) in [5, 5.41) is 1.40. The van der Waals surface area contributed by atoms with Gasteiger partial charge in [-0.25, -0.2) is 13.8 Å². The molecule has 0 bridgehead atoms. The van der Waals surface area contributed by atoms with E-state index in [9.17, 15) is 4.79 Å². The molecule has 5 heterocycles. The SMILES string of the molecule is N[C@@H]1CCCN(c2ccnc3c(F)cc(-c4c[nH]c5ncc(C(=O)N(Cl)Cc6cccnc6)cc45)cc23)C1. The van der Waals surface area contributed by atoms with Crippen LogP contribution < -0.4 is 10.6 Å². The number of rotatable bonds is 5. The Balaban J connectivity index is 1.38. The highest BCUT2D eigenvalue weighted by Crippen LogP contribution is 2.36. The third kappa shape index (κ3) is 4.55. The van der Waals surface area contributed by atoms with Gasteiger partial charge in [0, 0.05) is 83.9 Å². The van der Waals surface area contributed by atoms with Gasteiger partial charge >= 0.3 is 0 Å². The van der Waals surface area contributed by atoms with Gasteiger partial charge < -0.3 is 15.6 Å². The monoisotopic (exact) mass is 529 g/mol. The highest BCUT2D eigenvalue weighted by Gasteiger charge is 2.22. The fourth-order valence-corrected chi connectivity index (χ4v) is 5.32. The van der Waals surface area contributed by atoms with Crippen molar-refractivity contribution in [1.82, 2.24) is 24.4 Å². The van der Waals surface area contributed by atoms with Crippen LogP contribution in [0, 0.1) is 5.82 Å². The van der Waals surface area contributed by atoms with Crippen molar-refractivity contribution in [2.45, 2.75) is 25.4 Å². The molecule has 0 unspecified atom stereocenters. The number of nitrogens with zero attached hydrogens (tertiary/aromatic N) is 5. The fraction of sp³-hybridized carbons (Fsp3) is 0.214. The quantitative estimate of drug-likeness (QED) is 0.309. The Kier molecular flexibility index (Phi) is 6.39. The summed E-state index contributed by atoms with van der Waals surface area (Å²) in [7, 11) is 0. The number of benzene rings is 1. The third-order valence-electron chi connectivity index (χ3n) is 6.93. The van der Waals surface area contributed by atoms with E-state index in [2.05, 4.69) is 24.8 Å². The maximum atomic E-state index is 15.4. The molecule has 192 valence electrons. The van der Waals surface area contributed by atoms with E-state index in [1.165, 1.54) is 12.3 Å². The predicted octanol–water partition coefficient (Wildman–Crippen LogP) is 5.04. The van der Waals surface area contributed by atoms with Crippen molar-refractivity contribution in [3.05, 3.63) is 84.3 Å². The van der Waals surface area contributed by atoms with Crippen molar-refractivity contribution < 1.29 is 9.18 Å². The van der Waals surface area contributed by atoms with Gasteiger partial charge in [-0.3, -0.25) is 14.8 Å². The number of carbonyl (C=O) groups excluding carboxylic acids is 1. The smallest absolute Gasteiger partial charge is 0.270 e. The minimum atomic E-state index is -0.418. The van der Waals surface area contributed by atoms with E-state index < -0.39 is 11.7 Å². The Labute approximate surface area is 223 Å². The highest BCUT2D eigenvalue weighted by atomic mass is 35.5. The number of pyridine rings is 3. The van der Waals surface area contributed by atoms with E-state index in [0.717, 1.165) is 46.0 Å². The standard InChI is InChI=1S/C28H25ClFN7O/c29-37(15-17-3-1-6-32-12-17)28(38)19-10-21-23(14-35-27(21)34-13-19)18-9-22-25(36-8-2-4-20(31)16-36)5-7-33-26(22)24(30)11-18/h1,3,5-7,9-14,20H,2,4,8,15-16,31H2,(H,34,35)/t20-/m1/s1. The highest BCUT2D eigenvalue weighted by molar-refractivity contribution is 6.24. The van der Waals surface area contributed by atoms with Crippen LogP contribution in [0.5, 0.6) is 0 Å². The van der Waals surface area contributed by atoms with Gasteiger partial charge in [0.25, 0.3) is 5.91 Å². The van der Waals surface area contributed by atoms with Crippen LogP contribution in [0.25, 0.3) is 33.1 Å². The molecular weight excluding hydrogens is 505 g/mol. The zero-order valence-electron chi connectivity index (χ0n) is 20.4. The first-order valence-corrected chi connectivity index (χ1v) is 12.7. The topological polar surface area (TPSA) is 104 Å². The van der Waals surface area contributed by atoms with Gasteiger partial charge in [0.2, 0.25) is 0 Å². The zero-order chi connectivity index (χ0) is 26.2. The molecular formula is C28H25ClFN7O. The van der Waals surface area contributed by atoms with E-state index in [1.54, 1.807) is 36.9 Å². The molecule has 1 atom stereocenters. The Morgan fingerprint density at radius 2 is 2.08 bits per heavy atom. The second-order valence-electron chi connectivity index (χ2n) is 9.54. The van der Waals surface area contributed by atoms with E-state index in [4.69, 9.17) is 17.5 Å². The molecule has 1 aliphatic heterocycles. The minimum Gasteiger partial charge on any atom is -0.369 e. The summed E-state index contributed by atoms with van der Waals surface area (Å²) >= 11 is 6.32. The molecule has 1 aromatic carbocycles. The summed E-state index contributed by atoms with van der Waals surface area (Å²) in [6, 6.07) is 10.8. The molecule has 5 aromatic rings. The van der Waals surface area contributed by atoms with Crippen molar-refractivity contribution in [2.75, 3.05) is 18.0 Å². The predicted molar refractivity (Wildman–Crippen MR) is 146 cm³/mol. The zero-order valence-corrected chi connectivity index (χ0v) is 21.2. The van der Waals surface area contributed by atoms with Gasteiger partial charge in [0.1, 0.15) is 17.0 Å². The van der Waals surface area contributed by atoms with Crippen molar-refractivity contribution in [2.24, 2.45) is 5.73 Å². The average molecular weight is 530 g/mol. The van der Waals surface area contributed by atoms with Gasteiger partial charge in [-0.2, -0.15) is 0 Å². The normalized spacial score (nSPS) is 15.8. The number of hydrogen-bond acceptors (Lipinski definition) is 6. The van der Waals surface area contributed by atoms with Crippen LogP contribution in [0.15, 0.2) is 67.4 Å². The Bertz CT molecular complexity index is 1640. The van der Waals surface area contributed by atoms with Crippen LogP contribution in [0.3, 0.4) is 0 Å². The van der Waals surface area contributed by atoms with Crippen LogP contribution in [-0.2, 0) is 6.54 Å². The number of nitrogens with two attached hydrogens (primary N) is 1. The summed E-state index contributed by atoms with van der Waals surface area (Å²) in [5.74, 6) is -0.812. The van der Waals surface area contributed by atoms with E-state index >= 15 is 4.39 Å². The van der Waals surface area contributed by atoms with Gasteiger partial charge in [0.15, 0.2) is 0 Å². The van der Waals surface area contributed by atoms with Crippen molar-refractivity contribution in [3.8, 4) is 11.1 Å². The molecule has 0 aliphatic carbocycles. The van der Waals surface area contributed by atoms with Crippen LogP contribution in [-0.4, -0.2) is 49.4 Å². The number of anilines is 1. The Morgan fingerprint density at radius 3 is 2.89 bits per heavy atom. The third-order valence-corrected chi connectivity index (χ3v) is 7.20. The van der Waals surface area contributed by atoms with Gasteiger partial charge in [-0.1, -0.05) is 6.07 Å². The number of fused-ring (bicyclic) bond motifs is 2. The number of carbonyl (C=O) groups is 1. The summed E-state index contributed by atoms with van der Waals surface area (Å²) < 4.78 is 16.5. The molecule has 10 heteroatoms. The average Bonchev–Trinajstić information content (AvgIpc) is 3.36. The molecule has 1 fully saturated rings. The molecule has 1 saturated heterocycles. The molecule has 6 rings (SSSR count). The van der Waals surface area contributed by atoms with Gasteiger partial charge in [0.05, 0.1) is 12.1 Å². The van der Waals surface area contributed by atoms with E-state index in [-0.39, 0.29) is 12.6 Å². The number of amides is 1. The van der Waals surface area contributed by atoms with Crippen LogP contribution >= 0.6 is 11.8 Å². The number of aromatic amines is 1. The molecule has 4 aromatic heterocycles. The molecule has 0 saturated carbocycles. The number of piperidine rings is 1. The van der Waals surface area contributed by atoms with Crippen molar-refractivity contribution >= 4 is 45.3 Å². The largest absolute Gasteiger partial charge is 0.369 e. The summed E-state index contributed by atoms with van der Waals surface area (Å²) in [6.45, 7) is 1.76. The number of H-pyrrole nitrogens is 1. The Hall–Kier alpha value is -4.08. The summed E-state index contributed by atoms with van der Waals surface area (Å²) in [6.07, 6.45) is 10.2. The molecule has 0 spiro atoms. The minimum absolute atomic E-state index is 0.0790. The lowest BCUT2D eigenvalue weighted by Crippen LogP contribution is -2.42. The maximum absolute atomic E-state index is 15.4. The number of aromatic nitrogens is 4. The molecule has 1 amide bonds. The summed E-state index contributed by atoms with van der Waals surface area (Å²) in [4.78, 5) is 31.2. The van der Waals surface area contributed by atoms with Crippen molar-refractivity contribution in [3.63, 3.8) is 0 Å². The molecule has 3 N–H and O–H groups in total. The summed E-state index contributed by atoms with van der Waals surface area (Å²) in [5.41, 5.74) is 10.5. The first kappa shape index (κ1) is 24.3. The first-order valence-electron chi connectivity index (χ1n) is 12.4. The fourth-order valence-electron chi connectivity index (χ4n) is 5.08.